The van der Waals surface area contributed by atoms with Crippen LogP contribution in [0.3, 0.4) is 0 Å². The molecule has 0 aliphatic rings. The van der Waals surface area contributed by atoms with Gasteiger partial charge in [0.1, 0.15) is 0 Å². The molecule has 0 unspecified atom stereocenters. The third-order valence-electron chi connectivity index (χ3n) is 2.22. The summed E-state index contributed by atoms with van der Waals surface area (Å²) in [7, 11) is 0. The van der Waals surface area contributed by atoms with Gasteiger partial charge in [-0.15, -0.1) is 6.58 Å². The highest BCUT2D eigenvalue weighted by Crippen LogP contribution is 2.04. The number of hydrogen-bond acceptors (Lipinski definition) is 2. The average Bonchev–Trinajstić information content (AvgIpc) is 2.24. The van der Waals surface area contributed by atoms with E-state index >= 15 is 0 Å². The van der Waals surface area contributed by atoms with E-state index in [0.717, 1.165) is 19.3 Å². The van der Waals surface area contributed by atoms with Crippen LogP contribution in [0.5, 0.6) is 0 Å². The Balaban J connectivity index is 3.23. The molecule has 0 spiro atoms. The van der Waals surface area contributed by atoms with Crippen LogP contribution in [0.1, 0.15) is 52.4 Å². The third-order valence-corrected chi connectivity index (χ3v) is 2.22. The molecule has 2 nitrogen and oxygen atoms in total. The van der Waals surface area contributed by atoms with E-state index in [2.05, 4.69) is 26.5 Å². The van der Waals surface area contributed by atoms with Crippen LogP contribution in [-0.2, 0) is 9.53 Å². The SMILES string of the molecule is C=CCCC(=O)OCCCCCC=C(C)C. The normalized spacial score (nSPS) is 9.62. The molecule has 2 heteroatoms. The summed E-state index contributed by atoms with van der Waals surface area (Å²) >= 11 is 0. The van der Waals surface area contributed by atoms with Crippen molar-refractivity contribution in [2.24, 2.45) is 0 Å². The quantitative estimate of drug-likeness (QED) is 0.336. The molecule has 0 N–H and O–H groups in total. The van der Waals surface area contributed by atoms with E-state index < -0.39 is 0 Å². The van der Waals surface area contributed by atoms with Gasteiger partial charge in [0.15, 0.2) is 0 Å². The van der Waals surface area contributed by atoms with E-state index in [1.807, 2.05) is 0 Å². The van der Waals surface area contributed by atoms with Crippen molar-refractivity contribution in [3.8, 4) is 0 Å². The lowest BCUT2D eigenvalue weighted by atomic mass is 10.1. The van der Waals surface area contributed by atoms with Crippen molar-refractivity contribution in [2.75, 3.05) is 6.61 Å². The first-order chi connectivity index (χ1) is 7.66. The summed E-state index contributed by atoms with van der Waals surface area (Å²) in [5.41, 5.74) is 1.37. The molecular weight excluding hydrogens is 200 g/mol. The first-order valence-corrected chi connectivity index (χ1v) is 6.06. The van der Waals surface area contributed by atoms with Crippen LogP contribution in [0.25, 0.3) is 0 Å². The molecule has 0 aromatic heterocycles. The molecule has 0 saturated carbocycles. The number of unbranched alkanes of at least 4 members (excludes halogenated alkanes) is 3. The summed E-state index contributed by atoms with van der Waals surface area (Å²) in [6.45, 7) is 8.35. The maximum atomic E-state index is 11.1. The van der Waals surface area contributed by atoms with Gasteiger partial charge >= 0.3 is 5.97 Å². The van der Waals surface area contributed by atoms with Gasteiger partial charge in [-0.1, -0.05) is 17.7 Å². The van der Waals surface area contributed by atoms with Crippen LogP contribution >= 0.6 is 0 Å². The Hall–Kier alpha value is -1.05. The van der Waals surface area contributed by atoms with Crippen molar-refractivity contribution >= 4 is 5.97 Å². The Kier molecular flexibility index (Phi) is 9.78. The van der Waals surface area contributed by atoms with Gasteiger partial charge in [-0.2, -0.15) is 0 Å². The van der Waals surface area contributed by atoms with Crippen LogP contribution in [0.15, 0.2) is 24.3 Å². The van der Waals surface area contributed by atoms with E-state index in [0.29, 0.717) is 19.4 Å². The van der Waals surface area contributed by atoms with Gasteiger partial charge in [0.05, 0.1) is 6.61 Å². The van der Waals surface area contributed by atoms with Gasteiger partial charge in [0.25, 0.3) is 0 Å². The van der Waals surface area contributed by atoms with E-state index in [9.17, 15) is 4.79 Å². The van der Waals surface area contributed by atoms with E-state index in [-0.39, 0.29) is 5.97 Å². The monoisotopic (exact) mass is 224 g/mol. The van der Waals surface area contributed by atoms with Crippen molar-refractivity contribution < 1.29 is 9.53 Å². The molecule has 0 heterocycles. The molecule has 0 fully saturated rings. The summed E-state index contributed by atoms with van der Waals surface area (Å²) in [6.07, 6.45) is 9.55. The van der Waals surface area contributed by atoms with Gasteiger partial charge in [0, 0.05) is 6.42 Å². The van der Waals surface area contributed by atoms with Crippen molar-refractivity contribution in [1.82, 2.24) is 0 Å². The van der Waals surface area contributed by atoms with Crippen LogP contribution in [-0.4, -0.2) is 12.6 Å². The molecule has 0 bridgehead atoms. The highest BCUT2D eigenvalue weighted by molar-refractivity contribution is 5.69. The van der Waals surface area contributed by atoms with E-state index in [1.165, 1.54) is 12.0 Å². The molecule has 92 valence electrons. The molecule has 0 amide bonds. The minimum atomic E-state index is -0.107. The zero-order valence-electron chi connectivity index (χ0n) is 10.6. The number of carbonyl (C=O) groups is 1. The van der Waals surface area contributed by atoms with Crippen molar-refractivity contribution in [2.45, 2.75) is 52.4 Å². The zero-order chi connectivity index (χ0) is 12.2. The predicted molar refractivity (Wildman–Crippen MR) is 68.3 cm³/mol. The second kappa shape index (κ2) is 10.5. The Bertz CT molecular complexity index is 225. The minimum absolute atomic E-state index is 0.107. The van der Waals surface area contributed by atoms with Crippen LogP contribution in [0.2, 0.25) is 0 Å². The van der Waals surface area contributed by atoms with Gasteiger partial charge in [-0.05, 0) is 46.0 Å². The largest absolute Gasteiger partial charge is 0.466 e. The maximum Gasteiger partial charge on any atom is 0.306 e. The fourth-order valence-corrected chi connectivity index (χ4v) is 1.29. The minimum Gasteiger partial charge on any atom is -0.466 e. The molecule has 0 saturated heterocycles. The first kappa shape index (κ1) is 14.9. The topological polar surface area (TPSA) is 26.3 Å². The fourth-order valence-electron chi connectivity index (χ4n) is 1.29. The lowest BCUT2D eigenvalue weighted by Gasteiger charge is -2.03. The van der Waals surface area contributed by atoms with Crippen LogP contribution in [0, 0.1) is 0 Å². The van der Waals surface area contributed by atoms with E-state index in [1.54, 1.807) is 6.08 Å². The van der Waals surface area contributed by atoms with Gasteiger partial charge < -0.3 is 4.74 Å². The molecule has 0 rings (SSSR count). The summed E-state index contributed by atoms with van der Waals surface area (Å²) in [4.78, 5) is 11.1. The second-order valence-corrected chi connectivity index (χ2v) is 4.18. The summed E-state index contributed by atoms with van der Waals surface area (Å²) in [5.74, 6) is -0.107. The summed E-state index contributed by atoms with van der Waals surface area (Å²) in [5, 5.41) is 0. The summed E-state index contributed by atoms with van der Waals surface area (Å²) < 4.78 is 5.07. The lowest BCUT2D eigenvalue weighted by molar-refractivity contribution is -0.143. The smallest absolute Gasteiger partial charge is 0.306 e. The number of esters is 1. The predicted octanol–water partition coefficient (Wildman–Crippen LogP) is 4.02. The van der Waals surface area contributed by atoms with Crippen molar-refractivity contribution in [3.05, 3.63) is 24.3 Å². The fraction of sp³-hybridized carbons (Fsp3) is 0.643. The number of carbonyl (C=O) groups excluding carboxylic acids is 1. The highest BCUT2D eigenvalue weighted by atomic mass is 16.5. The highest BCUT2D eigenvalue weighted by Gasteiger charge is 1.99. The number of rotatable bonds is 9. The Morgan fingerprint density at radius 3 is 2.56 bits per heavy atom. The van der Waals surface area contributed by atoms with Crippen molar-refractivity contribution in [3.63, 3.8) is 0 Å². The first-order valence-electron chi connectivity index (χ1n) is 6.06. The zero-order valence-corrected chi connectivity index (χ0v) is 10.6. The number of ether oxygens (including phenoxy) is 1. The van der Waals surface area contributed by atoms with Crippen molar-refractivity contribution in [1.29, 1.82) is 0 Å². The third kappa shape index (κ3) is 11.0. The second-order valence-electron chi connectivity index (χ2n) is 4.18. The molecular formula is C14H24O2. The molecule has 0 aromatic rings. The number of allylic oxidation sites excluding steroid dienone is 3. The lowest BCUT2D eigenvalue weighted by Crippen LogP contribution is -2.04. The molecule has 0 radical (unpaired) electrons. The van der Waals surface area contributed by atoms with Gasteiger partial charge in [-0.3, -0.25) is 4.79 Å². The Morgan fingerprint density at radius 1 is 1.19 bits per heavy atom. The average molecular weight is 224 g/mol. The van der Waals surface area contributed by atoms with Gasteiger partial charge in [0.2, 0.25) is 0 Å². The Morgan fingerprint density at radius 2 is 1.94 bits per heavy atom. The van der Waals surface area contributed by atoms with E-state index in [4.69, 9.17) is 4.74 Å². The standard InChI is InChI=1S/C14H24O2/c1-4-5-11-14(15)16-12-9-7-6-8-10-13(2)3/h4,10H,1,5-9,11-12H2,2-3H3. The molecule has 0 aliphatic carbocycles. The molecule has 16 heavy (non-hydrogen) atoms. The summed E-state index contributed by atoms with van der Waals surface area (Å²) in [6, 6.07) is 0. The number of hydrogen-bond donors (Lipinski definition) is 0. The Labute approximate surface area is 99.4 Å². The maximum absolute atomic E-state index is 11.1. The molecule has 0 aliphatic heterocycles. The van der Waals surface area contributed by atoms with Gasteiger partial charge in [-0.25, -0.2) is 0 Å². The molecule has 0 atom stereocenters. The molecule has 0 aromatic carbocycles. The van der Waals surface area contributed by atoms with Crippen LogP contribution < -0.4 is 0 Å². The van der Waals surface area contributed by atoms with Crippen LogP contribution in [0.4, 0.5) is 0 Å².